The number of aryl methyl sites for hydroxylation is 1. The fraction of sp³-hybridized carbons (Fsp3) is 0.154. The Labute approximate surface area is 109 Å². The van der Waals surface area contributed by atoms with Crippen molar-refractivity contribution < 1.29 is 4.74 Å². The summed E-state index contributed by atoms with van der Waals surface area (Å²) >= 11 is 0. The van der Waals surface area contributed by atoms with Gasteiger partial charge in [-0.05, 0) is 17.7 Å². The molecule has 0 atom stereocenters. The minimum atomic E-state index is 0.475. The molecule has 2 heterocycles. The van der Waals surface area contributed by atoms with Crippen molar-refractivity contribution in [3.63, 3.8) is 0 Å². The molecule has 0 amide bonds. The number of aromatic nitrogens is 4. The normalized spacial score (nSPS) is 10.8. The molecule has 0 radical (unpaired) electrons. The van der Waals surface area contributed by atoms with Crippen LogP contribution in [0.15, 0.2) is 36.8 Å². The Morgan fingerprint density at radius 1 is 1.32 bits per heavy atom. The summed E-state index contributed by atoms with van der Waals surface area (Å²) in [5.41, 5.74) is 7.36. The third kappa shape index (κ3) is 2.13. The van der Waals surface area contributed by atoms with Crippen LogP contribution in [0.1, 0.15) is 5.56 Å². The van der Waals surface area contributed by atoms with Crippen LogP contribution in [0.3, 0.4) is 0 Å². The van der Waals surface area contributed by atoms with Crippen molar-refractivity contribution >= 4 is 11.0 Å². The van der Waals surface area contributed by atoms with Gasteiger partial charge in [0, 0.05) is 13.6 Å². The first-order valence-electron chi connectivity index (χ1n) is 5.87. The molecule has 0 aliphatic carbocycles. The van der Waals surface area contributed by atoms with Gasteiger partial charge in [0.2, 0.25) is 5.88 Å². The summed E-state index contributed by atoms with van der Waals surface area (Å²) in [4.78, 5) is 8.32. The molecule has 0 aliphatic rings. The molecular weight excluding hydrogens is 242 g/mol. The molecule has 0 unspecified atom stereocenters. The highest BCUT2D eigenvalue weighted by Crippen LogP contribution is 2.26. The average molecular weight is 255 g/mol. The van der Waals surface area contributed by atoms with Crippen LogP contribution >= 0.6 is 0 Å². The molecule has 1 aromatic carbocycles. The SMILES string of the molecule is Cn1ncc2c(Oc3cccc(CN)c3)ncnc21. The zero-order valence-corrected chi connectivity index (χ0v) is 10.4. The van der Waals surface area contributed by atoms with Crippen molar-refractivity contribution in [2.24, 2.45) is 12.8 Å². The lowest BCUT2D eigenvalue weighted by atomic mass is 10.2. The Kier molecular flexibility index (Phi) is 2.85. The topological polar surface area (TPSA) is 78.9 Å². The maximum atomic E-state index is 5.79. The van der Waals surface area contributed by atoms with E-state index in [1.807, 2.05) is 31.3 Å². The quantitative estimate of drug-likeness (QED) is 0.769. The number of nitrogens with two attached hydrogens (primary N) is 1. The number of fused-ring (bicyclic) bond motifs is 1. The molecule has 19 heavy (non-hydrogen) atoms. The summed E-state index contributed by atoms with van der Waals surface area (Å²) in [5.74, 6) is 1.19. The van der Waals surface area contributed by atoms with E-state index in [9.17, 15) is 0 Å². The third-order valence-corrected chi connectivity index (χ3v) is 2.84. The lowest BCUT2D eigenvalue weighted by molar-refractivity contribution is 0.467. The molecular formula is C13H13N5O. The summed E-state index contributed by atoms with van der Waals surface area (Å²) in [6.45, 7) is 0.475. The monoisotopic (exact) mass is 255 g/mol. The van der Waals surface area contributed by atoms with Crippen molar-refractivity contribution in [3.8, 4) is 11.6 Å². The van der Waals surface area contributed by atoms with Gasteiger partial charge < -0.3 is 10.5 Å². The van der Waals surface area contributed by atoms with Gasteiger partial charge in [-0.1, -0.05) is 12.1 Å². The van der Waals surface area contributed by atoms with Gasteiger partial charge >= 0.3 is 0 Å². The summed E-state index contributed by atoms with van der Waals surface area (Å²) < 4.78 is 7.47. The van der Waals surface area contributed by atoms with Crippen molar-refractivity contribution in [3.05, 3.63) is 42.4 Å². The Morgan fingerprint density at radius 2 is 2.21 bits per heavy atom. The second kappa shape index (κ2) is 4.66. The van der Waals surface area contributed by atoms with Crippen LogP contribution in [0.2, 0.25) is 0 Å². The Balaban J connectivity index is 2.00. The van der Waals surface area contributed by atoms with Gasteiger partial charge in [0.15, 0.2) is 5.65 Å². The molecule has 0 fully saturated rings. The second-order valence-corrected chi connectivity index (χ2v) is 4.14. The molecule has 3 rings (SSSR count). The van der Waals surface area contributed by atoms with E-state index in [0.29, 0.717) is 18.2 Å². The number of ether oxygens (including phenoxy) is 1. The molecule has 96 valence electrons. The van der Waals surface area contributed by atoms with E-state index < -0.39 is 0 Å². The summed E-state index contributed by atoms with van der Waals surface area (Å²) in [6.07, 6.45) is 3.16. The van der Waals surface area contributed by atoms with E-state index in [1.54, 1.807) is 10.9 Å². The molecule has 0 saturated heterocycles. The van der Waals surface area contributed by atoms with Crippen LogP contribution in [-0.2, 0) is 13.6 Å². The van der Waals surface area contributed by atoms with E-state index in [4.69, 9.17) is 10.5 Å². The highest BCUT2D eigenvalue weighted by atomic mass is 16.5. The van der Waals surface area contributed by atoms with Crippen molar-refractivity contribution in [2.75, 3.05) is 0 Å². The van der Waals surface area contributed by atoms with Gasteiger partial charge in [0.1, 0.15) is 17.5 Å². The molecule has 0 aliphatic heterocycles. The van der Waals surface area contributed by atoms with Crippen LogP contribution in [0.4, 0.5) is 0 Å². The van der Waals surface area contributed by atoms with Gasteiger partial charge in [-0.3, -0.25) is 4.68 Å². The third-order valence-electron chi connectivity index (χ3n) is 2.84. The highest BCUT2D eigenvalue weighted by molar-refractivity contribution is 5.79. The van der Waals surface area contributed by atoms with Crippen LogP contribution in [0, 0.1) is 0 Å². The molecule has 0 bridgehead atoms. The predicted octanol–water partition coefficient (Wildman–Crippen LogP) is 1.61. The average Bonchev–Trinajstić information content (AvgIpc) is 2.82. The predicted molar refractivity (Wildman–Crippen MR) is 70.7 cm³/mol. The summed E-state index contributed by atoms with van der Waals surface area (Å²) in [6, 6.07) is 7.61. The summed E-state index contributed by atoms with van der Waals surface area (Å²) in [7, 11) is 1.83. The zero-order chi connectivity index (χ0) is 13.2. The minimum absolute atomic E-state index is 0.475. The molecule has 3 aromatic rings. The smallest absolute Gasteiger partial charge is 0.233 e. The van der Waals surface area contributed by atoms with Crippen molar-refractivity contribution in [2.45, 2.75) is 6.54 Å². The maximum absolute atomic E-state index is 5.79. The first-order valence-corrected chi connectivity index (χ1v) is 5.87. The van der Waals surface area contributed by atoms with E-state index in [0.717, 1.165) is 16.6 Å². The van der Waals surface area contributed by atoms with Crippen molar-refractivity contribution in [1.82, 2.24) is 19.7 Å². The number of hydrogen-bond acceptors (Lipinski definition) is 5. The Hall–Kier alpha value is -2.47. The van der Waals surface area contributed by atoms with Crippen LogP contribution in [0.5, 0.6) is 11.6 Å². The number of benzene rings is 1. The van der Waals surface area contributed by atoms with E-state index in [2.05, 4.69) is 15.1 Å². The fourth-order valence-electron chi connectivity index (χ4n) is 1.87. The largest absolute Gasteiger partial charge is 0.438 e. The molecule has 0 saturated carbocycles. The minimum Gasteiger partial charge on any atom is -0.438 e. The maximum Gasteiger partial charge on any atom is 0.233 e. The van der Waals surface area contributed by atoms with Crippen LogP contribution < -0.4 is 10.5 Å². The second-order valence-electron chi connectivity index (χ2n) is 4.14. The Morgan fingerprint density at radius 3 is 3.05 bits per heavy atom. The Bertz CT molecular complexity index is 722. The first kappa shape index (κ1) is 11.6. The van der Waals surface area contributed by atoms with Gasteiger partial charge in [-0.2, -0.15) is 5.10 Å². The van der Waals surface area contributed by atoms with Crippen LogP contribution in [0.25, 0.3) is 11.0 Å². The number of rotatable bonds is 3. The number of hydrogen-bond donors (Lipinski definition) is 1. The zero-order valence-electron chi connectivity index (χ0n) is 10.4. The number of nitrogens with zero attached hydrogens (tertiary/aromatic N) is 4. The fourth-order valence-corrected chi connectivity index (χ4v) is 1.87. The molecule has 0 spiro atoms. The molecule has 2 aromatic heterocycles. The first-order chi connectivity index (χ1) is 9.28. The van der Waals surface area contributed by atoms with Gasteiger partial charge in [0.05, 0.1) is 6.20 Å². The molecule has 2 N–H and O–H groups in total. The van der Waals surface area contributed by atoms with Crippen LogP contribution in [-0.4, -0.2) is 19.7 Å². The lowest BCUT2D eigenvalue weighted by Gasteiger charge is -2.06. The van der Waals surface area contributed by atoms with E-state index >= 15 is 0 Å². The van der Waals surface area contributed by atoms with E-state index in [-0.39, 0.29) is 0 Å². The lowest BCUT2D eigenvalue weighted by Crippen LogP contribution is -1.97. The highest BCUT2D eigenvalue weighted by Gasteiger charge is 2.09. The van der Waals surface area contributed by atoms with Gasteiger partial charge in [0.25, 0.3) is 0 Å². The summed E-state index contributed by atoms with van der Waals surface area (Å²) in [5, 5.41) is 4.93. The van der Waals surface area contributed by atoms with Gasteiger partial charge in [-0.15, -0.1) is 0 Å². The van der Waals surface area contributed by atoms with Crippen molar-refractivity contribution in [1.29, 1.82) is 0 Å². The van der Waals surface area contributed by atoms with E-state index in [1.165, 1.54) is 6.33 Å². The standard InChI is InChI=1S/C13H13N5O/c1-18-12-11(7-17-18)13(16-8-15-12)19-10-4-2-3-9(5-10)6-14/h2-5,7-8H,6,14H2,1H3. The molecule has 6 nitrogen and oxygen atoms in total. The molecule has 6 heteroatoms. The van der Waals surface area contributed by atoms with Gasteiger partial charge in [-0.25, -0.2) is 9.97 Å².